The number of benzene rings is 2. The van der Waals surface area contributed by atoms with Gasteiger partial charge in [-0.2, -0.15) is 0 Å². The summed E-state index contributed by atoms with van der Waals surface area (Å²) in [5, 5.41) is 8.98. The smallest absolute Gasteiger partial charge is 0.338 e. The molecule has 24 heavy (non-hydrogen) atoms. The fraction of sp³-hybridized carbons (Fsp3) is 0.300. The van der Waals surface area contributed by atoms with E-state index in [1.165, 1.54) is 5.56 Å². The number of ketones is 1. The van der Waals surface area contributed by atoms with E-state index in [-0.39, 0.29) is 19.0 Å². The van der Waals surface area contributed by atoms with E-state index in [0.717, 1.165) is 6.42 Å². The second-order valence-electron chi connectivity index (χ2n) is 5.79. The summed E-state index contributed by atoms with van der Waals surface area (Å²) in [4.78, 5) is 24.0. The van der Waals surface area contributed by atoms with E-state index < -0.39 is 5.97 Å². The molecule has 2 aromatic rings. The van der Waals surface area contributed by atoms with Gasteiger partial charge in [-0.05, 0) is 35.6 Å². The van der Waals surface area contributed by atoms with Crippen molar-refractivity contribution >= 4 is 11.8 Å². The molecule has 4 nitrogen and oxygen atoms in total. The highest BCUT2D eigenvalue weighted by Gasteiger charge is 2.12. The van der Waals surface area contributed by atoms with Gasteiger partial charge in [-0.15, -0.1) is 0 Å². The van der Waals surface area contributed by atoms with Crippen LogP contribution in [-0.2, 0) is 11.3 Å². The topological polar surface area (TPSA) is 63.6 Å². The lowest BCUT2D eigenvalue weighted by Gasteiger charge is -2.09. The third-order valence-corrected chi connectivity index (χ3v) is 4.12. The lowest BCUT2D eigenvalue weighted by molar-refractivity contribution is 0.0474. The molecule has 0 aliphatic rings. The molecule has 1 atom stereocenters. The van der Waals surface area contributed by atoms with Crippen LogP contribution in [0.15, 0.2) is 48.5 Å². The average Bonchev–Trinajstić information content (AvgIpc) is 2.65. The maximum absolute atomic E-state index is 12.1. The van der Waals surface area contributed by atoms with Crippen molar-refractivity contribution in [3.05, 3.63) is 70.8 Å². The molecule has 0 unspecified atom stereocenters. The molecule has 0 saturated carbocycles. The third-order valence-electron chi connectivity index (χ3n) is 4.12. The number of carbonyl (C=O) groups is 2. The van der Waals surface area contributed by atoms with Crippen molar-refractivity contribution in [1.29, 1.82) is 0 Å². The Morgan fingerprint density at radius 1 is 1.00 bits per heavy atom. The second-order valence-corrected chi connectivity index (χ2v) is 5.79. The summed E-state index contributed by atoms with van der Waals surface area (Å²) in [5.74, 6) is -0.330. The van der Waals surface area contributed by atoms with Gasteiger partial charge >= 0.3 is 5.97 Å². The molecule has 0 aliphatic heterocycles. The summed E-state index contributed by atoms with van der Waals surface area (Å²) in [5.41, 5.74) is 2.79. The zero-order chi connectivity index (χ0) is 17.5. The summed E-state index contributed by atoms with van der Waals surface area (Å²) in [6, 6.07) is 13.9. The van der Waals surface area contributed by atoms with Crippen LogP contribution < -0.4 is 0 Å². The molecule has 0 radical (unpaired) electrons. The summed E-state index contributed by atoms with van der Waals surface area (Å²) >= 11 is 0. The quantitative estimate of drug-likeness (QED) is 0.622. The lowest BCUT2D eigenvalue weighted by atomic mass is 9.97. The molecule has 2 aromatic carbocycles. The van der Waals surface area contributed by atoms with Crippen LogP contribution in [0.5, 0.6) is 0 Å². The average molecular weight is 326 g/mol. The van der Waals surface area contributed by atoms with Crippen molar-refractivity contribution < 1.29 is 19.4 Å². The molecular formula is C20H22O4. The Morgan fingerprint density at radius 3 is 2.12 bits per heavy atom. The Morgan fingerprint density at radius 2 is 1.58 bits per heavy atom. The highest BCUT2D eigenvalue weighted by molar-refractivity contribution is 5.99. The van der Waals surface area contributed by atoms with Crippen molar-refractivity contribution in [1.82, 2.24) is 0 Å². The standard InChI is InChI=1S/C20H22O4/c1-3-14(2)16-8-10-17(11-9-16)19(22)13-24-20(23)18-6-4-15(12-21)5-7-18/h4-11,14,21H,3,12-13H2,1-2H3/t14-/m0/s1. The number of rotatable bonds is 7. The summed E-state index contributed by atoms with van der Waals surface area (Å²) in [6.45, 7) is 3.89. The van der Waals surface area contributed by atoms with Crippen LogP contribution >= 0.6 is 0 Å². The molecule has 0 amide bonds. The molecule has 2 rings (SSSR count). The zero-order valence-electron chi connectivity index (χ0n) is 14.0. The molecular weight excluding hydrogens is 304 g/mol. The van der Waals surface area contributed by atoms with Crippen molar-refractivity contribution in [3.63, 3.8) is 0 Å². The second kappa shape index (κ2) is 8.41. The first-order valence-electron chi connectivity index (χ1n) is 8.05. The molecule has 4 heteroatoms. The van der Waals surface area contributed by atoms with Crippen LogP contribution in [0.25, 0.3) is 0 Å². The van der Waals surface area contributed by atoms with E-state index in [0.29, 0.717) is 22.6 Å². The van der Waals surface area contributed by atoms with Gasteiger partial charge in [-0.25, -0.2) is 4.79 Å². The van der Waals surface area contributed by atoms with E-state index in [1.807, 2.05) is 12.1 Å². The van der Waals surface area contributed by atoms with Gasteiger partial charge in [0.1, 0.15) is 0 Å². The first-order chi connectivity index (χ1) is 11.5. The van der Waals surface area contributed by atoms with Crippen molar-refractivity contribution in [2.24, 2.45) is 0 Å². The number of ether oxygens (including phenoxy) is 1. The van der Waals surface area contributed by atoms with Gasteiger partial charge in [0.15, 0.2) is 12.4 Å². The number of Topliss-reactive ketones (excluding diaryl/α,β-unsaturated/α-hetero) is 1. The first-order valence-corrected chi connectivity index (χ1v) is 8.05. The Bertz CT molecular complexity index is 687. The maximum atomic E-state index is 12.1. The van der Waals surface area contributed by atoms with Crippen LogP contribution in [-0.4, -0.2) is 23.5 Å². The number of hydrogen-bond acceptors (Lipinski definition) is 4. The van der Waals surface area contributed by atoms with Crippen molar-refractivity contribution in [3.8, 4) is 0 Å². The van der Waals surface area contributed by atoms with Crippen LogP contribution in [0.4, 0.5) is 0 Å². The molecule has 0 aliphatic carbocycles. The van der Waals surface area contributed by atoms with Gasteiger partial charge in [0.2, 0.25) is 0 Å². The van der Waals surface area contributed by atoms with Crippen LogP contribution in [0.3, 0.4) is 0 Å². The Balaban J connectivity index is 1.93. The van der Waals surface area contributed by atoms with Crippen molar-refractivity contribution in [2.75, 3.05) is 6.61 Å². The number of carbonyl (C=O) groups excluding carboxylic acids is 2. The number of hydrogen-bond donors (Lipinski definition) is 1. The zero-order valence-corrected chi connectivity index (χ0v) is 14.0. The normalized spacial score (nSPS) is 11.8. The molecule has 0 saturated heterocycles. The predicted molar refractivity (Wildman–Crippen MR) is 92.1 cm³/mol. The van der Waals surface area contributed by atoms with Crippen LogP contribution in [0.2, 0.25) is 0 Å². The molecule has 1 N–H and O–H groups in total. The number of esters is 1. The SMILES string of the molecule is CC[C@H](C)c1ccc(C(=O)COC(=O)c2ccc(CO)cc2)cc1. The largest absolute Gasteiger partial charge is 0.454 e. The minimum absolute atomic E-state index is 0.0829. The fourth-order valence-corrected chi connectivity index (χ4v) is 2.28. The molecule has 0 spiro atoms. The van der Waals surface area contributed by atoms with E-state index in [4.69, 9.17) is 9.84 Å². The minimum atomic E-state index is -0.552. The lowest BCUT2D eigenvalue weighted by Crippen LogP contribution is -2.14. The van der Waals surface area contributed by atoms with Gasteiger partial charge in [-0.3, -0.25) is 4.79 Å². The van der Waals surface area contributed by atoms with Crippen LogP contribution in [0, 0.1) is 0 Å². The van der Waals surface area contributed by atoms with E-state index in [9.17, 15) is 9.59 Å². The van der Waals surface area contributed by atoms with Gasteiger partial charge in [-0.1, -0.05) is 50.2 Å². The van der Waals surface area contributed by atoms with Gasteiger partial charge in [0.25, 0.3) is 0 Å². The molecule has 126 valence electrons. The Hall–Kier alpha value is -2.46. The monoisotopic (exact) mass is 326 g/mol. The Kier molecular flexibility index (Phi) is 6.27. The highest BCUT2D eigenvalue weighted by Crippen LogP contribution is 2.19. The highest BCUT2D eigenvalue weighted by atomic mass is 16.5. The van der Waals surface area contributed by atoms with E-state index >= 15 is 0 Å². The number of aliphatic hydroxyl groups is 1. The Labute approximate surface area is 142 Å². The predicted octanol–water partition coefficient (Wildman–Crippen LogP) is 3.73. The van der Waals surface area contributed by atoms with Crippen molar-refractivity contribution in [2.45, 2.75) is 32.8 Å². The van der Waals surface area contributed by atoms with E-state index in [2.05, 4.69) is 13.8 Å². The van der Waals surface area contributed by atoms with Gasteiger partial charge in [0, 0.05) is 5.56 Å². The van der Waals surface area contributed by atoms with Gasteiger partial charge in [0.05, 0.1) is 12.2 Å². The molecule has 0 fully saturated rings. The summed E-state index contributed by atoms with van der Waals surface area (Å²) < 4.78 is 5.07. The third kappa shape index (κ3) is 4.52. The molecule has 0 heterocycles. The number of aliphatic hydroxyl groups excluding tert-OH is 1. The van der Waals surface area contributed by atoms with Crippen LogP contribution in [0.1, 0.15) is 58.0 Å². The summed E-state index contributed by atoms with van der Waals surface area (Å²) in [6.07, 6.45) is 1.04. The maximum Gasteiger partial charge on any atom is 0.338 e. The van der Waals surface area contributed by atoms with E-state index in [1.54, 1.807) is 36.4 Å². The molecule has 0 aromatic heterocycles. The first kappa shape index (κ1) is 17.9. The minimum Gasteiger partial charge on any atom is -0.454 e. The molecule has 0 bridgehead atoms. The van der Waals surface area contributed by atoms with Gasteiger partial charge < -0.3 is 9.84 Å². The summed E-state index contributed by atoms with van der Waals surface area (Å²) in [7, 11) is 0. The fourth-order valence-electron chi connectivity index (χ4n) is 2.28.